The molecule has 3 nitrogen and oxygen atoms in total. The summed E-state index contributed by atoms with van der Waals surface area (Å²) < 4.78 is 0.776. The summed E-state index contributed by atoms with van der Waals surface area (Å²) in [6, 6.07) is 0. The van der Waals surface area contributed by atoms with Gasteiger partial charge in [0.25, 0.3) is 0 Å². The van der Waals surface area contributed by atoms with Crippen molar-refractivity contribution >= 4 is 22.9 Å². The molecule has 17 heavy (non-hydrogen) atoms. The van der Waals surface area contributed by atoms with E-state index >= 15 is 0 Å². The van der Waals surface area contributed by atoms with Gasteiger partial charge < -0.3 is 10.2 Å². The summed E-state index contributed by atoms with van der Waals surface area (Å²) in [5.74, 6) is 0.827. The second-order valence-corrected chi connectivity index (χ2v) is 6.31. The number of aromatic nitrogens is 1. The van der Waals surface area contributed by atoms with E-state index in [4.69, 9.17) is 11.6 Å². The van der Waals surface area contributed by atoms with Crippen molar-refractivity contribution in [1.29, 1.82) is 0 Å². The molecule has 0 amide bonds. The topological polar surface area (TPSA) is 28.2 Å². The number of piperidine rings is 1. The van der Waals surface area contributed by atoms with Crippen LogP contribution in [0.4, 0.5) is 0 Å². The lowest BCUT2D eigenvalue weighted by Gasteiger charge is -2.31. The first-order chi connectivity index (χ1) is 8.28. The van der Waals surface area contributed by atoms with Crippen LogP contribution in [0.25, 0.3) is 0 Å². The minimum absolute atomic E-state index is 0.776. The molecule has 0 saturated carbocycles. The van der Waals surface area contributed by atoms with Gasteiger partial charge in [0.05, 0.1) is 6.20 Å². The van der Waals surface area contributed by atoms with Crippen molar-refractivity contribution in [3.8, 4) is 0 Å². The quantitative estimate of drug-likeness (QED) is 0.894. The number of hydrogen-bond acceptors (Lipinski definition) is 4. The Hall–Kier alpha value is -0.160. The summed E-state index contributed by atoms with van der Waals surface area (Å²) in [5, 5.41) is 4.57. The zero-order valence-electron chi connectivity index (χ0n) is 10.3. The van der Waals surface area contributed by atoms with Crippen molar-refractivity contribution in [3.05, 3.63) is 15.5 Å². The molecule has 1 aromatic rings. The molecule has 1 fully saturated rings. The van der Waals surface area contributed by atoms with Crippen LogP contribution in [0, 0.1) is 5.92 Å². The van der Waals surface area contributed by atoms with Crippen LogP contribution >= 0.6 is 22.9 Å². The molecule has 1 aliphatic rings. The third kappa shape index (κ3) is 4.21. The highest BCUT2D eigenvalue weighted by Gasteiger charge is 2.17. The number of halogens is 1. The highest BCUT2D eigenvalue weighted by molar-refractivity contribution is 7.15. The van der Waals surface area contributed by atoms with E-state index < -0.39 is 0 Å². The Bertz CT molecular complexity index is 334. The molecule has 0 spiro atoms. The summed E-state index contributed by atoms with van der Waals surface area (Å²) in [7, 11) is 0. The maximum atomic E-state index is 5.84. The lowest BCUT2D eigenvalue weighted by Crippen LogP contribution is -2.36. The van der Waals surface area contributed by atoms with Crippen LogP contribution in [0.5, 0.6) is 0 Å². The maximum Gasteiger partial charge on any atom is 0.113 e. The van der Waals surface area contributed by atoms with Gasteiger partial charge in [0.15, 0.2) is 0 Å². The highest BCUT2D eigenvalue weighted by atomic mass is 35.5. The molecule has 0 bridgehead atoms. The van der Waals surface area contributed by atoms with Gasteiger partial charge in [-0.25, -0.2) is 4.98 Å². The minimum Gasteiger partial charge on any atom is -0.310 e. The van der Waals surface area contributed by atoms with Gasteiger partial charge in [-0.15, -0.1) is 11.3 Å². The molecule has 1 N–H and O–H groups in total. The number of hydrogen-bond donors (Lipinski definition) is 1. The van der Waals surface area contributed by atoms with Gasteiger partial charge >= 0.3 is 0 Å². The summed E-state index contributed by atoms with van der Waals surface area (Å²) in [4.78, 5) is 6.76. The number of likely N-dealkylation sites (tertiary alicyclic amines) is 1. The number of rotatable bonds is 5. The fourth-order valence-corrected chi connectivity index (χ4v) is 3.19. The molecule has 1 saturated heterocycles. The fourth-order valence-electron chi connectivity index (χ4n) is 2.26. The summed E-state index contributed by atoms with van der Waals surface area (Å²) in [5.41, 5.74) is 0. The molecule has 0 aromatic carbocycles. The van der Waals surface area contributed by atoms with Crippen LogP contribution in [-0.4, -0.2) is 36.1 Å². The van der Waals surface area contributed by atoms with E-state index in [9.17, 15) is 0 Å². The molecule has 1 aromatic heterocycles. The van der Waals surface area contributed by atoms with Crippen LogP contribution in [0.3, 0.4) is 0 Å². The van der Waals surface area contributed by atoms with Crippen LogP contribution in [0.15, 0.2) is 6.20 Å². The number of thiazole rings is 1. The third-order valence-electron chi connectivity index (χ3n) is 3.39. The smallest absolute Gasteiger partial charge is 0.113 e. The second kappa shape index (κ2) is 6.69. The molecule has 1 aliphatic heterocycles. The van der Waals surface area contributed by atoms with E-state index in [0.717, 1.165) is 28.4 Å². The van der Waals surface area contributed by atoms with Crippen molar-refractivity contribution < 1.29 is 0 Å². The van der Waals surface area contributed by atoms with E-state index in [0.29, 0.717) is 0 Å². The van der Waals surface area contributed by atoms with E-state index in [2.05, 4.69) is 22.1 Å². The SMILES string of the molecule is CCN1CCC(CNCc2ncc(Cl)s2)CC1. The van der Waals surface area contributed by atoms with Crippen LogP contribution in [0.1, 0.15) is 24.8 Å². The van der Waals surface area contributed by atoms with Gasteiger partial charge in [-0.3, -0.25) is 0 Å². The Kier molecular flexibility index (Phi) is 5.22. The second-order valence-electron chi connectivity index (χ2n) is 4.57. The Morgan fingerprint density at radius 3 is 2.88 bits per heavy atom. The number of nitrogens with zero attached hydrogens (tertiary/aromatic N) is 2. The van der Waals surface area contributed by atoms with Gasteiger partial charge in [-0.1, -0.05) is 18.5 Å². The average molecular weight is 274 g/mol. The minimum atomic E-state index is 0.776. The van der Waals surface area contributed by atoms with E-state index in [1.807, 2.05) is 0 Å². The first kappa shape index (κ1) is 13.3. The average Bonchev–Trinajstić information content (AvgIpc) is 2.76. The summed E-state index contributed by atoms with van der Waals surface area (Å²) in [6.45, 7) is 7.90. The monoisotopic (exact) mass is 273 g/mol. The standard InChI is InChI=1S/C12H20ClN3S/c1-2-16-5-3-10(4-6-16)7-14-9-12-15-8-11(13)17-12/h8,10,14H,2-7,9H2,1H3. The fraction of sp³-hybridized carbons (Fsp3) is 0.750. The molecule has 96 valence electrons. The van der Waals surface area contributed by atoms with Crippen molar-refractivity contribution in [1.82, 2.24) is 15.2 Å². The van der Waals surface area contributed by atoms with Crippen molar-refractivity contribution in [2.24, 2.45) is 5.92 Å². The first-order valence-corrected chi connectivity index (χ1v) is 7.50. The van der Waals surface area contributed by atoms with E-state index in [1.165, 1.54) is 32.5 Å². The van der Waals surface area contributed by atoms with Crippen LogP contribution in [0.2, 0.25) is 4.34 Å². The van der Waals surface area contributed by atoms with E-state index in [-0.39, 0.29) is 0 Å². The Morgan fingerprint density at radius 2 is 2.29 bits per heavy atom. The van der Waals surface area contributed by atoms with Gasteiger partial charge in [0.1, 0.15) is 9.34 Å². The largest absolute Gasteiger partial charge is 0.310 e. The Labute approximate surface area is 112 Å². The predicted molar refractivity (Wildman–Crippen MR) is 73.7 cm³/mol. The summed E-state index contributed by atoms with van der Waals surface area (Å²) >= 11 is 7.40. The van der Waals surface area contributed by atoms with Crippen LogP contribution in [-0.2, 0) is 6.54 Å². The zero-order chi connectivity index (χ0) is 12.1. The third-order valence-corrected chi connectivity index (χ3v) is 4.50. The maximum absolute atomic E-state index is 5.84. The lowest BCUT2D eigenvalue weighted by atomic mass is 9.97. The normalized spacial score (nSPS) is 18.7. The van der Waals surface area contributed by atoms with Gasteiger partial charge in [-0.2, -0.15) is 0 Å². The van der Waals surface area contributed by atoms with Crippen molar-refractivity contribution in [2.45, 2.75) is 26.3 Å². The number of nitrogens with one attached hydrogen (secondary N) is 1. The van der Waals surface area contributed by atoms with Crippen molar-refractivity contribution in [2.75, 3.05) is 26.2 Å². The first-order valence-electron chi connectivity index (χ1n) is 6.31. The Morgan fingerprint density at radius 1 is 1.53 bits per heavy atom. The van der Waals surface area contributed by atoms with Gasteiger partial charge in [-0.05, 0) is 44.9 Å². The highest BCUT2D eigenvalue weighted by Crippen LogP contribution is 2.19. The molecule has 0 unspecified atom stereocenters. The molecule has 5 heteroatoms. The predicted octanol–water partition coefficient (Wildman–Crippen LogP) is 2.62. The summed E-state index contributed by atoms with van der Waals surface area (Å²) in [6.07, 6.45) is 4.36. The molecular weight excluding hydrogens is 254 g/mol. The van der Waals surface area contributed by atoms with Gasteiger partial charge in [0.2, 0.25) is 0 Å². The molecule has 2 rings (SSSR count). The lowest BCUT2D eigenvalue weighted by molar-refractivity contribution is 0.190. The molecule has 2 heterocycles. The molecule has 0 atom stereocenters. The Balaban J connectivity index is 1.63. The van der Waals surface area contributed by atoms with Crippen molar-refractivity contribution in [3.63, 3.8) is 0 Å². The molecule has 0 radical (unpaired) electrons. The van der Waals surface area contributed by atoms with Gasteiger partial charge in [0, 0.05) is 6.54 Å². The molecular formula is C12H20ClN3S. The van der Waals surface area contributed by atoms with Crippen LogP contribution < -0.4 is 5.32 Å². The zero-order valence-corrected chi connectivity index (χ0v) is 11.9. The van der Waals surface area contributed by atoms with E-state index in [1.54, 1.807) is 17.5 Å². The molecule has 0 aliphatic carbocycles.